The van der Waals surface area contributed by atoms with Gasteiger partial charge in [-0.1, -0.05) is 6.07 Å². The summed E-state index contributed by atoms with van der Waals surface area (Å²) in [5.74, 6) is -0.153. The summed E-state index contributed by atoms with van der Waals surface area (Å²) < 4.78 is 19.4. The molecule has 0 spiro atoms. The summed E-state index contributed by atoms with van der Waals surface area (Å²) in [7, 11) is 3.86. The van der Waals surface area contributed by atoms with Gasteiger partial charge in [0.1, 0.15) is 5.82 Å². The van der Waals surface area contributed by atoms with Crippen molar-refractivity contribution in [3.63, 3.8) is 0 Å². The van der Waals surface area contributed by atoms with E-state index in [9.17, 15) is 4.39 Å². The van der Waals surface area contributed by atoms with E-state index in [-0.39, 0.29) is 11.9 Å². The zero-order chi connectivity index (χ0) is 13.1. The lowest BCUT2D eigenvalue weighted by atomic mass is 10.0. The van der Waals surface area contributed by atoms with Crippen molar-refractivity contribution < 1.29 is 9.13 Å². The molecule has 1 aliphatic heterocycles. The summed E-state index contributed by atoms with van der Waals surface area (Å²) in [5, 5.41) is 3.11. The summed E-state index contributed by atoms with van der Waals surface area (Å²) in [6.07, 6.45) is 1.00. The molecule has 100 valence electrons. The van der Waals surface area contributed by atoms with Gasteiger partial charge in [-0.05, 0) is 32.5 Å². The fourth-order valence-corrected chi connectivity index (χ4v) is 2.43. The largest absolute Gasteiger partial charge is 0.379 e. The second-order valence-corrected chi connectivity index (χ2v) is 4.81. The summed E-state index contributed by atoms with van der Waals surface area (Å²) in [6, 6.07) is 5.60. The highest BCUT2D eigenvalue weighted by Gasteiger charge is 2.24. The van der Waals surface area contributed by atoms with Crippen LogP contribution in [0.2, 0.25) is 0 Å². The van der Waals surface area contributed by atoms with Crippen LogP contribution < -0.4 is 10.2 Å². The highest BCUT2D eigenvalue weighted by molar-refractivity contribution is 5.56. The lowest BCUT2D eigenvalue weighted by molar-refractivity contribution is 0.193. The van der Waals surface area contributed by atoms with Gasteiger partial charge in [-0.3, -0.25) is 0 Å². The Morgan fingerprint density at radius 3 is 2.89 bits per heavy atom. The molecular formula is C14H21FN2O. The Bertz CT molecular complexity index is 405. The van der Waals surface area contributed by atoms with E-state index in [0.29, 0.717) is 6.04 Å². The van der Waals surface area contributed by atoms with E-state index < -0.39 is 0 Å². The van der Waals surface area contributed by atoms with Crippen LogP contribution in [0.5, 0.6) is 0 Å². The molecule has 0 bridgehead atoms. The SMILES string of the molecule is CNC(C)c1c(F)cccc1N(C)C1CCOC1. The number of likely N-dealkylation sites (N-methyl/N-ethyl adjacent to an activating group) is 1. The van der Waals surface area contributed by atoms with Gasteiger partial charge < -0.3 is 15.0 Å². The molecule has 1 heterocycles. The van der Waals surface area contributed by atoms with E-state index >= 15 is 0 Å². The topological polar surface area (TPSA) is 24.5 Å². The average molecular weight is 252 g/mol. The van der Waals surface area contributed by atoms with Gasteiger partial charge in [0.05, 0.1) is 12.6 Å². The van der Waals surface area contributed by atoms with Gasteiger partial charge in [0.25, 0.3) is 0 Å². The second-order valence-electron chi connectivity index (χ2n) is 4.81. The maximum absolute atomic E-state index is 14.0. The fraction of sp³-hybridized carbons (Fsp3) is 0.571. The van der Waals surface area contributed by atoms with Gasteiger partial charge in [0, 0.05) is 30.9 Å². The molecule has 4 heteroatoms. The molecule has 1 aromatic rings. The van der Waals surface area contributed by atoms with Crippen molar-refractivity contribution in [3.05, 3.63) is 29.6 Å². The molecule has 3 nitrogen and oxygen atoms in total. The van der Waals surface area contributed by atoms with Gasteiger partial charge in [-0.15, -0.1) is 0 Å². The standard InChI is InChI=1S/C14H21FN2O/c1-10(16-2)14-12(15)5-4-6-13(14)17(3)11-7-8-18-9-11/h4-6,10-11,16H,7-9H2,1-3H3. The van der Waals surface area contributed by atoms with Crippen molar-refractivity contribution in [1.82, 2.24) is 5.32 Å². The molecule has 1 fully saturated rings. The number of ether oxygens (including phenoxy) is 1. The number of anilines is 1. The van der Waals surface area contributed by atoms with E-state index in [2.05, 4.69) is 10.2 Å². The number of hydrogen-bond acceptors (Lipinski definition) is 3. The third-order valence-electron chi connectivity index (χ3n) is 3.73. The zero-order valence-corrected chi connectivity index (χ0v) is 11.2. The van der Waals surface area contributed by atoms with Crippen LogP contribution in [0.15, 0.2) is 18.2 Å². The number of nitrogens with zero attached hydrogens (tertiary/aromatic N) is 1. The molecule has 1 saturated heterocycles. The molecule has 0 radical (unpaired) electrons. The molecule has 1 N–H and O–H groups in total. The second kappa shape index (κ2) is 5.67. The maximum Gasteiger partial charge on any atom is 0.130 e. The summed E-state index contributed by atoms with van der Waals surface area (Å²) in [4.78, 5) is 2.14. The molecule has 18 heavy (non-hydrogen) atoms. The van der Waals surface area contributed by atoms with Crippen LogP contribution in [0.1, 0.15) is 24.9 Å². The van der Waals surface area contributed by atoms with Crippen molar-refractivity contribution >= 4 is 5.69 Å². The number of rotatable bonds is 4. The average Bonchev–Trinajstić information content (AvgIpc) is 2.90. The molecule has 0 amide bonds. The summed E-state index contributed by atoms with van der Waals surface area (Å²) >= 11 is 0. The minimum absolute atomic E-state index is 0.00836. The molecule has 2 atom stereocenters. The Kier molecular flexibility index (Phi) is 4.19. The van der Waals surface area contributed by atoms with Gasteiger partial charge in [0.15, 0.2) is 0 Å². The molecular weight excluding hydrogens is 231 g/mol. The Morgan fingerprint density at radius 1 is 1.50 bits per heavy atom. The monoisotopic (exact) mass is 252 g/mol. The van der Waals surface area contributed by atoms with Crippen LogP contribution in [0, 0.1) is 5.82 Å². The number of nitrogens with one attached hydrogen (secondary N) is 1. The lowest BCUT2D eigenvalue weighted by Gasteiger charge is -2.29. The Morgan fingerprint density at radius 2 is 2.28 bits per heavy atom. The Balaban J connectivity index is 2.33. The van der Waals surface area contributed by atoms with E-state index in [4.69, 9.17) is 4.74 Å². The van der Waals surface area contributed by atoms with Gasteiger partial charge in [-0.2, -0.15) is 0 Å². The van der Waals surface area contributed by atoms with Crippen LogP contribution in [0.3, 0.4) is 0 Å². The highest BCUT2D eigenvalue weighted by atomic mass is 19.1. The normalized spacial score (nSPS) is 21.0. The highest BCUT2D eigenvalue weighted by Crippen LogP contribution is 2.30. The number of halogens is 1. The third kappa shape index (κ3) is 2.49. The molecule has 0 aliphatic carbocycles. The molecule has 2 unspecified atom stereocenters. The number of hydrogen-bond donors (Lipinski definition) is 1. The number of benzene rings is 1. The minimum atomic E-state index is -0.153. The molecule has 1 aliphatic rings. The van der Waals surface area contributed by atoms with Crippen molar-refractivity contribution in [2.24, 2.45) is 0 Å². The van der Waals surface area contributed by atoms with Crippen LogP contribution in [-0.4, -0.2) is 33.4 Å². The first kappa shape index (κ1) is 13.3. The third-order valence-corrected chi connectivity index (χ3v) is 3.73. The summed E-state index contributed by atoms with van der Waals surface area (Å²) in [5.41, 5.74) is 1.68. The molecule has 0 aromatic heterocycles. The molecule has 0 saturated carbocycles. The Labute approximate surface area is 108 Å². The first-order valence-electron chi connectivity index (χ1n) is 6.41. The van der Waals surface area contributed by atoms with Crippen LogP contribution in [0.25, 0.3) is 0 Å². The molecule has 2 rings (SSSR count). The van der Waals surface area contributed by atoms with E-state index in [1.807, 2.05) is 27.1 Å². The van der Waals surface area contributed by atoms with Crippen LogP contribution in [0.4, 0.5) is 10.1 Å². The van der Waals surface area contributed by atoms with E-state index in [0.717, 1.165) is 30.9 Å². The summed E-state index contributed by atoms with van der Waals surface area (Å²) in [6.45, 7) is 3.49. The Hall–Kier alpha value is -1.13. The van der Waals surface area contributed by atoms with Gasteiger partial charge in [-0.25, -0.2) is 4.39 Å². The lowest BCUT2D eigenvalue weighted by Crippen LogP contribution is -2.33. The predicted molar refractivity (Wildman–Crippen MR) is 71.5 cm³/mol. The zero-order valence-electron chi connectivity index (χ0n) is 11.2. The van der Waals surface area contributed by atoms with E-state index in [1.54, 1.807) is 6.07 Å². The first-order valence-corrected chi connectivity index (χ1v) is 6.41. The van der Waals surface area contributed by atoms with Gasteiger partial charge >= 0.3 is 0 Å². The van der Waals surface area contributed by atoms with Crippen molar-refractivity contribution in [3.8, 4) is 0 Å². The van der Waals surface area contributed by atoms with Crippen molar-refractivity contribution in [1.29, 1.82) is 0 Å². The predicted octanol–water partition coefficient (Wildman–Crippen LogP) is 2.33. The fourth-order valence-electron chi connectivity index (χ4n) is 2.43. The maximum atomic E-state index is 14.0. The quantitative estimate of drug-likeness (QED) is 0.890. The first-order chi connectivity index (χ1) is 8.65. The van der Waals surface area contributed by atoms with Crippen LogP contribution >= 0.6 is 0 Å². The van der Waals surface area contributed by atoms with Crippen LogP contribution in [-0.2, 0) is 4.74 Å². The molecule has 1 aromatic carbocycles. The van der Waals surface area contributed by atoms with Crippen molar-refractivity contribution in [2.45, 2.75) is 25.4 Å². The smallest absolute Gasteiger partial charge is 0.130 e. The minimum Gasteiger partial charge on any atom is -0.379 e. The van der Waals surface area contributed by atoms with Crippen molar-refractivity contribution in [2.75, 3.05) is 32.2 Å². The van der Waals surface area contributed by atoms with Gasteiger partial charge in [0.2, 0.25) is 0 Å². The van der Waals surface area contributed by atoms with E-state index in [1.165, 1.54) is 6.07 Å².